The summed E-state index contributed by atoms with van der Waals surface area (Å²) in [6, 6.07) is 11.5. The summed E-state index contributed by atoms with van der Waals surface area (Å²) in [5, 5.41) is 0. The molecule has 0 saturated carbocycles. The average molecular weight is 721 g/mol. The van der Waals surface area contributed by atoms with Crippen LogP contribution in [0, 0.1) is 0 Å². The molecule has 2 heteroatoms. The fourth-order valence-corrected chi connectivity index (χ4v) is 7.70. The van der Waals surface area contributed by atoms with Crippen molar-refractivity contribution in [3.63, 3.8) is 0 Å². The molecule has 0 bridgehead atoms. The molecular formula is C45H86BrN. The standard InChI is InChI=1S/C45H86N.BrH/c1-4-7-10-13-16-19-20-21-22-23-24-25-26-29-32-38-43-46(44-45-39-34-33-35-40-45,41-36-30-27-17-14-11-8-5-2)42-37-31-28-18-15-12-9-6-3;/h33-35,39-40H,4-32,36-38,41-44H2,1-3H3;1H/q+1;/p-1. The first-order valence-electron chi connectivity index (χ1n) is 21.7. The summed E-state index contributed by atoms with van der Waals surface area (Å²) in [7, 11) is 0. The highest BCUT2D eigenvalue weighted by Gasteiger charge is 2.26. The lowest BCUT2D eigenvalue weighted by molar-refractivity contribution is -0.941. The third kappa shape index (κ3) is 30.2. The topological polar surface area (TPSA) is 0 Å². The van der Waals surface area contributed by atoms with E-state index in [1.165, 1.54) is 236 Å². The van der Waals surface area contributed by atoms with Crippen LogP contribution >= 0.6 is 0 Å². The van der Waals surface area contributed by atoms with E-state index in [0.717, 1.165) is 0 Å². The van der Waals surface area contributed by atoms with Gasteiger partial charge in [-0.15, -0.1) is 0 Å². The highest BCUT2D eigenvalue weighted by atomic mass is 79.9. The number of nitrogens with zero attached hydrogens (tertiary/aromatic N) is 1. The molecule has 0 spiro atoms. The fourth-order valence-electron chi connectivity index (χ4n) is 7.70. The maximum atomic E-state index is 2.40. The van der Waals surface area contributed by atoms with Crippen LogP contribution in [0.3, 0.4) is 0 Å². The van der Waals surface area contributed by atoms with Crippen molar-refractivity contribution in [2.45, 2.75) is 233 Å². The second kappa shape index (κ2) is 36.9. The van der Waals surface area contributed by atoms with Crippen molar-refractivity contribution in [3.8, 4) is 0 Å². The van der Waals surface area contributed by atoms with Gasteiger partial charge >= 0.3 is 0 Å². The van der Waals surface area contributed by atoms with Gasteiger partial charge in [-0.1, -0.05) is 218 Å². The molecule has 1 aromatic carbocycles. The van der Waals surface area contributed by atoms with Crippen LogP contribution in [-0.2, 0) is 6.54 Å². The molecule has 0 unspecified atom stereocenters. The summed E-state index contributed by atoms with van der Waals surface area (Å²) < 4.78 is 1.36. The predicted molar refractivity (Wildman–Crippen MR) is 210 cm³/mol. The van der Waals surface area contributed by atoms with Gasteiger partial charge in [-0.25, -0.2) is 0 Å². The molecule has 1 aromatic rings. The predicted octanol–water partition coefficient (Wildman–Crippen LogP) is 12.6. The second-order valence-electron chi connectivity index (χ2n) is 15.4. The molecular weight excluding hydrogens is 634 g/mol. The number of hydrogen-bond donors (Lipinski definition) is 0. The Hall–Kier alpha value is -0.340. The third-order valence-corrected chi connectivity index (χ3v) is 10.8. The smallest absolute Gasteiger partial charge is 0.104 e. The first-order chi connectivity index (χ1) is 22.8. The number of rotatable bonds is 37. The molecule has 0 amide bonds. The molecule has 0 N–H and O–H groups in total. The van der Waals surface area contributed by atoms with Gasteiger partial charge in [0.25, 0.3) is 0 Å². The Labute approximate surface area is 308 Å². The van der Waals surface area contributed by atoms with E-state index in [0.29, 0.717) is 0 Å². The molecule has 1 rings (SSSR count). The number of hydrogen-bond acceptors (Lipinski definition) is 0. The Morgan fingerprint density at radius 1 is 0.319 bits per heavy atom. The van der Waals surface area contributed by atoms with E-state index in [2.05, 4.69) is 51.1 Å². The average Bonchev–Trinajstić information content (AvgIpc) is 3.07. The zero-order chi connectivity index (χ0) is 33.1. The fraction of sp³-hybridized carbons (Fsp3) is 0.867. The Morgan fingerprint density at radius 2 is 0.553 bits per heavy atom. The van der Waals surface area contributed by atoms with Crippen LogP contribution in [0.15, 0.2) is 30.3 Å². The second-order valence-corrected chi connectivity index (χ2v) is 15.4. The molecule has 0 radical (unpaired) electrons. The van der Waals surface area contributed by atoms with E-state index < -0.39 is 0 Å². The molecule has 0 aliphatic rings. The number of benzene rings is 1. The molecule has 0 aromatic heterocycles. The molecule has 0 aliphatic carbocycles. The van der Waals surface area contributed by atoms with Gasteiger partial charge in [0.2, 0.25) is 0 Å². The van der Waals surface area contributed by atoms with Gasteiger partial charge in [-0.05, 0) is 38.5 Å². The Morgan fingerprint density at radius 3 is 0.809 bits per heavy atom. The quantitative estimate of drug-likeness (QED) is 0.0474. The minimum absolute atomic E-state index is 0. The lowest BCUT2D eigenvalue weighted by Gasteiger charge is -2.39. The molecule has 1 nitrogen and oxygen atoms in total. The zero-order valence-corrected chi connectivity index (χ0v) is 34.3. The Balaban J connectivity index is 0.0000212. The van der Waals surface area contributed by atoms with Crippen LogP contribution in [0.25, 0.3) is 0 Å². The van der Waals surface area contributed by atoms with Gasteiger partial charge in [0.1, 0.15) is 6.54 Å². The van der Waals surface area contributed by atoms with E-state index in [9.17, 15) is 0 Å². The molecule has 0 saturated heterocycles. The van der Waals surface area contributed by atoms with Crippen molar-refractivity contribution in [1.82, 2.24) is 0 Å². The summed E-state index contributed by atoms with van der Waals surface area (Å²) in [5.74, 6) is 0. The van der Waals surface area contributed by atoms with Gasteiger partial charge in [-0.3, -0.25) is 0 Å². The summed E-state index contributed by atoms with van der Waals surface area (Å²) in [6.45, 7) is 12.4. The van der Waals surface area contributed by atoms with E-state index >= 15 is 0 Å². The molecule has 0 fully saturated rings. The monoisotopic (exact) mass is 720 g/mol. The molecule has 0 aliphatic heterocycles. The minimum Gasteiger partial charge on any atom is -1.00 e. The maximum Gasteiger partial charge on any atom is 0.104 e. The highest BCUT2D eigenvalue weighted by molar-refractivity contribution is 5.13. The normalized spacial score (nSPS) is 11.6. The van der Waals surface area contributed by atoms with E-state index in [1.54, 1.807) is 5.56 Å². The lowest BCUT2D eigenvalue weighted by Crippen LogP contribution is -3.00. The van der Waals surface area contributed by atoms with Crippen LogP contribution in [-0.4, -0.2) is 24.1 Å². The van der Waals surface area contributed by atoms with Crippen LogP contribution in [0.4, 0.5) is 0 Å². The van der Waals surface area contributed by atoms with Gasteiger partial charge in [-0.2, -0.15) is 0 Å². The van der Waals surface area contributed by atoms with Gasteiger partial charge in [0, 0.05) is 5.56 Å². The molecule has 0 atom stereocenters. The summed E-state index contributed by atoms with van der Waals surface area (Å²) >= 11 is 0. The first-order valence-corrected chi connectivity index (χ1v) is 21.7. The SMILES string of the molecule is CCCCCCCCCCCCCCCCCC[N+](CCCCCCCCCC)(CCCCCCCCCC)Cc1ccccc1.[Br-]. The highest BCUT2D eigenvalue weighted by Crippen LogP contribution is 2.23. The summed E-state index contributed by atoms with van der Waals surface area (Å²) in [6.07, 6.45) is 46.3. The van der Waals surface area contributed by atoms with Crippen LogP contribution in [0.2, 0.25) is 0 Å². The Kier molecular flexibility index (Phi) is 36.7. The number of unbranched alkanes of at least 4 members (excludes halogenated alkanes) is 29. The van der Waals surface area contributed by atoms with Crippen LogP contribution in [0.1, 0.15) is 232 Å². The molecule has 0 heterocycles. The number of halogens is 1. The summed E-state index contributed by atoms with van der Waals surface area (Å²) in [4.78, 5) is 0. The Bertz CT molecular complexity index is 683. The van der Waals surface area contributed by atoms with E-state index in [-0.39, 0.29) is 17.0 Å². The van der Waals surface area contributed by atoms with Crippen LogP contribution < -0.4 is 17.0 Å². The first kappa shape index (κ1) is 46.7. The zero-order valence-electron chi connectivity index (χ0n) is 32.7. The lowest BCUT2D eigenvalue weighted by atomic mass is 10.0. The maximum absolute atomic E-state index is 2.40. The molecule has 47 heavy (non-hydrogen) atoms. The van der Waals surface area contributed by atoms with Crippen molar-refractivity contribution < 1.29 is 21.5 Å². The van der Waals surface area contributed by atoms with Crippen molar-refractivity contribution in [3.05, 3.63) is 35.9 Å². The van der Waals surface area contributed by atoms with E-state index in [4.69, 9.17) is 0 Å². The minimum atomic E-state index is 0. The number of quaternary nitrogens is 1. The largest absolute Gasteiger partial charge is 1.00 e. The van der Waals surface area contributed by atoms with Gasteiger partial charge in [0.05, 0.1) is 19.6 Å². The van der Waals surface area contributed by atoms with Crippen LogP contribution in [0.5, 0.6) is 0 Å². The van der Waals surface area contributed by atoms with Gasteiger partial charge in [0.15, 0.2) is 0 Å². The third-order valence-electron chi connectivity index (χ3n) is 10.8. The van der Waals surface area contributed by atoms with Crippen molar-refractivity contribution >= 4 is 0 Å². The summed E-state index contributed by atoms with van der Waals surface area (Å²) in [5.41, 5.74) is 1.57. The van der Waals surface area contributed by atoms with Crippen molar-refractivity contribution in [2.75, 3.05) is 19.6 Å². The van der Waals surface area contributed by atoms with Crippen molar-refractivity contribution in [2.24, 2.45) is 0 Å². The van der Waals surface area contributed by atoms with Gasteiger partial charge < -0.3 is 21.5 Å². The molecule has 278 valence electrons. The van der Waals surface area contributed by atoms with E-state index in [1.807, 2.05) is 0 Å². The van der Waals surface area contributed by atoms with Crippen molar-refractivity contribution in [1.29, 1.82) is 0 Å².